The van der Waals surface area contributed by atoms with Crippen molar-refractivity contribution in [2.75, 3.05) is 10.6 Å². The second kappa shape index (κ2) is 9.22. The second-order valence-corrected chi connectivity index (χ2v) is 7.36. The molecule has 0 aliphatic heterocycles. The molecule has 31 heavy (non-hydrogen) atoms. The van der Waals surface area contributed by atoms with Gasteiger partial charge in [-0.2, -0.15) is 0 Å². The number of nitrogens with one attached hydrogen (secondary N) is 2. The van der Waals surface area contributed by atoms with Crippen LogP contribution in [0.1, 0.15) is 28.4 Å². The van der Waals surface area contributed by atoms with Gasteiger partial charge in [-0.05, 0) is 55.3 Å². The van der Waals surface area contributed by atoms with Gasteiger partial charge in [0, 0.05) is 28.6 Å². The van der Waals surface area contributed by atoms with Gasteiger partial charge in [0.2, 0.25) is 0 Å². The van der Waals surface area contributed by atoms with Crippen molar-refractivity contribution in [1.82, 2.24) is 9.97 Å². The summed E-state index contributed by atoms with van der Waals surface area (Å²) in [6.45, 7) is 4.16. The number of nitrogens with zero attached hydrogens (tertiary/aromatic N) is 2. The molecule has 2 N–H and O–H groups in total. The van der Waals surface area contributed by atoms with Crippen LogP contribution in [0, 0.1) is 6.92 Å². The Bertz CT molecular complexity index is 1170. The largest absolute Gasteiger partial charge is 0.340 e. The van der Waals surface area contributed by atoms with E-state index >= 15 is 0 Å². The van der Waals surface area contributed by atoms with Crippen LogP contribution in [0.25, 0.3) is 11.3 Å². The van der Waals surface area contributed by atoms with Crippen molar-refractivity contribution in [3.05, 3.63) is 102 Å². The maximum absolute atomic E-state index is 12.5. The Labute approximate surface area is 182 Å². The van der Waals surface area contributed by atoms with E-state index in [1.54, 1.807) is 18.5 Å². The average Bonchev–Trinajstić information content (AvgIpc) is 2.81. The molecule has 4 rings (SSSR count). The number of carbonyl (C=O) groups is 1. The number of anilines is 3. The maximum atomic E-state index is 12.5. The molecule has 5 nitrogen and oxygen atoms in total. The van der Waals surface area contributed by atoms with E-state index in [1.165, 1.54) is 11.1 Å². The normalized spacial score (nSPS) is 10.5. The zero-order chi connectivity index (χ0) is 21.6. The number of hydrogen-bond donors (Lipinski definition) is 2. The molecule has 0 fully saturated rings. The van der Waals surface area contributed by atoms with Gasteiger partial charge in [-0.15, -0.1) is 0 Å². The summed E-state index contributed by atoms with van der Waals surface area (Å²) in [4.78, 5) is 21.2. The standard InChI is InChI=1S/C26H24N4O/c1-3-19-6-12-23(13-7-19)30-26(31)21-10-14-22(15-11-21)29-25-16-24(27-17-28-25)20-8-4-18(2)5-9-20/h4-17H,3H2,1-2H3,(H,30,31)(H,27,28,29). The minimum absolute atomic E-state index is 0.139. The van der Waals surface area contributed by atoms with E-state index in [0.717, 1.165) is 29.1 Å². The fourth-order valence-electron chi connectivity index (χ4n) is 3.19. The molecule has 1 heterocycles. The number of hydrogen-bond acceptors (Lipinski definition) is 4. The van der Waals surface area contributed by atoms with E-state index in [0.29, 0.717) is 11.4 Å². The third kappa shape index (κ3) is 5.14. The summed E-state index contributed by atoms with van der Waals surface area (Å²) in [6.07, 6.45) is 2.52. The first-order valence-electron chi connectivity index (χ1n) is 10.3. The number of benzene rings is 3. The molecule has 0 aliphatic carbocycles. The Kier molecular flexibility index (Phi) is 6.03. The highest BCUT2D eigenvalue weighted by Crippen LogP contribution is 2.22. The van der Waals surface area contributed by atoms with Gasteiger partial charge < -0.3 is 10.6 Å². The van der Waals surface area contributed by atoms with Crippen LogP contribution < -0.4 is 10.6 Å². The summed E-state index contributed by atoms with van der Waals surface area (Å²) in [6, 6.07) is 25.3. The van der Waals surface area contributed by atoms with Crippen LogP contribution in [0.2, 0.25) is 0 Å². The van der Waals surface area contributed by atoms with E-state index in [2.05, 4.69) is 46.6 Å². The zero-order valence-corrected chi connectivity index (χ0v) is 17.6. The van der Waals surface area contributed by atoms with Crippen LogP contribution in [-0.4, -0.2) is 15.9 Å². The van der Waals surface area contributed by atoms with Crippen molar-refractivity contribution < 1.29 is 4.79 Å². The predicted molar refractivity (Wildman–Crippen MR) is 126 cm³/mol. The number of aromatic nitrogens is 2. The van der Waals surface area contributed by atoms with Gasteiger partial charge in [0.25, 0.3) is 5.91 Å². The first-order valence-corrected chi connectivity index (χ1v) is 10.3. The molecule has 5 heteroatoms. The van der Waals surface area contributed by atoms with Crippen LogP contribution in [-0.2, 0) is 6.42 Å². The third-order valence-corrected chi connectivity index (χ3v) is 5.05. The molecular formula is C26H24N4O. The highest BCUT2D eigenvalue weighted by atomic mass is 16.1. The zero-order valence-electron chi connectivity index (χ0n) is 17.6. The molecule has 0 saturated carbocycles. The number of rotatable bonds is 6. The van der Waals surface area contributed by atoms with Crippen LogP contribution in [0.4, 0.5) is 17.2 Å². The van der Waals surface area contributed by atoms with Gasteiger partial charge in [0.15, 0.2) is 0 Å². The SMILES string of the molecule is CCc1ccc(NC(=O)c2ccc(Nc3cc(-c4ccc(C)cc4)ncn3)cc2)cc1. The van der Waals surface area contributed by atoms with E-state index in [-0.39, 0.29) is 5.91 Å². The monoisotopic (exact) mass is 408 g/mol. The number of aryl methyl sites for hydroxylation is 2. The Balaban J connectivity index is 1.43. The Morgan fingerprint density at radius 2 is 1.52 bits per heavy atom. The van der Waals surface area contributed by atoms with Gasteiger partial charge in [-0.25, -0.2) is 9.97 Å². The summed E-state index contributed by atoms with van der Waals surface area (Å²) in [5.74, 6) is 0.554. The molecule has 0 spiro atoms. The van der Waals surface area contributed by atoms with Crippen LogP contribution >= 0.6 is 0 Å². The molecule has 0 aliphatic rings. The number of carbonyl (C=O) groups excluding carboxylic acids is 1. The highest BCUT2D eigenvalue weighted by molar-refractivity contribution is 6.04. The third-order valence-electron chi connectivity index (χ3n) is 5.05. The van der Waals surface area contributed by atoms with Crippen molar-refractivity contribution in [1.29, 1.82) is 0 Å². The van der Waals surface area contributed by atoms with Crippen molar-refractivity contribution >= 4 is 23.1 Å². The molecule has 4 aromatic rings. The van der Waals surface area contributed by atoms with E-state index in [1.807, 2.05) is 54.6 Å². The van der Waals surface area contributed by atoms with Crippen LogP contribution in [0.15, 0.2) is 85.2 Å². The fourth-order valence-corrected chi connectivity index (χ4v) is 3.19. The van der Waals surface area contributed by atoms with Crippen LogP contribution in [0.5, 0.6) is 0 Å². The Morgan fingerprint density at radius 3 is 2.19 bits per heavy atom. The van der Waals surface area contributed by atoms with Gasteiger partial charge >= 0.3 is 0 Å². The van der Waals surface area contributed by atoms with Gasteiger partial charge in [0.1, 0.15) is 12.1 Å². The quantitative estimate of drug-likeness (QED) is 0.410. The molecule has 0 bridgehead atoms. The molecule has 1 amide bonds. The molecule has 154 valence electrons. The summed E-state index contributed by atoms with van der Waals surface area (Å²) in [5.41, 5.74) is 6.55. The lowest BCUT2D eigenvalue weighted by molar-refractivity contribution is 0.102. The molecule has 0 atom stereocenters. The molecule has 0 saturated heterocycles. The van der Waals surface area contributed by atoms with Crippen molar-refractivity contribution in [2.24, 2.45) is 0 Å². The summed E-state index contributed by atoms with van der Waals surface area (Å²) < 4.78 is 0. The first-order chi connectivity index (χ1) is 15.1. The van der Waals surface area contributed by atoms with Crippen LogP contribution in [0.3, 0.4) is 0 Å². The summed E-state index contributed by atoms with van der Waals surface area (Å²) in [5, 5.41) is 6.20. The predicted octanol–water partition coefficient (Wildman–Crippen LogP) is 6.01. The van der Waals surface area contributed by atoms with Gasteiger partial charge in [0.05, 0.1) is 5.69 Å². The first kappa shape index (κ1) is 20.3. The summed E-state index contributed by atoms with van der Waals surface area (Å²) >= 11 is 0. The molecule has 1 aromatic heterocycles. The molecule has 3 aromatic carbocycles. The van der Waals surface area contributed by atoms with E-state index in [9.17, 15) is 4.79 Å². The van der Waals surface area contributed by atoms with Crippen molar-refractivity contribution in [3.8, 4) is 11.3 Å². The lowest BCUT2D eigenvalue weighted by Crippen LogP contribution is -2.11. The molecular weight excluding hydrogens is 384 g/mol. The fraction of sp³-hybridized carbons (Fsp3) is 0.115. The smallest absolute Gasteiger partial charge is 0.255 e. The second-order valence-electron chi connectivity index (χ2n) is 7.36. The van der Waals surface area contributed by atoms with E-state index in [4.69, 9.17) is 0 Å². The topological polar surface area (TPSA) is 66.9 Å². The highest BCUT2D eigenvalue weighted by Gasteiger charge is 2.07. The average molecular weight is 409 g/mol. The minimum Gasteiger partial charge on any atom is -0.340 e. The van der Waals surface area contributed by atoms with Crippen molar-refractivity contribution in [2.45, 2.75) is 20.3 Å². The Hall–Kier alpha value is -3.99. The van der Waals surface area contributed by atoms with Crippen molar-refractivity contribution in [3.63, 3.8) is 0 Å². The molecule has 0 radical (unpaired) electrons. The maximum Gasteiger partial charge on any atom is 0.255 e. The minimum atomic E-state index is -0.139. The molecule has 0 unspecified atom stereocenters. The van der Waals surface area contributed by atoms with E-state index < -0.39 is 0 Å². The van der Waals surface area contributed by atoms with Gasteiger partial charge in [-0.3, -0.25) is 4.79 Å². The number of amides is 1. The van der Waals surface area contributed by atoms with Gasteiger partial charge in [-0.1, -0.05) is 48.9 Å². The lowest BCUT2D eigenvalue weighted by atomic mass is 10.1. The summed E-state index contributed by atoms with van der Waals surface area (Å²) in [7, 11) is 0. The Morgan fingerprint density at radius 1 is 0.839 bits per heavy atom. The lowest BCUT2D eigenvalue weighted by Gasteiger charge is -2.09.